The van der Waals surface area contributed by atoms with E-state index in [0.717, 1.165) is 12.0 Å². The van der Waals surface area contributed by atoms with Crippen LogP contribution in [0, 0.1) is 5.82 Å². The molecule has 5 nitrogen and oxygen atoms in total. The topological polar surface area (TPSA) is 66.8 Å². The van der Waals surface area contributed by atoms with Crippen LogP contribution in [-0.4, -0.2) is 35.4 Å². The lowest BCUT2D eigenvalue weighted by molar-refractivity contribution is -0.139. The van der Waals surface area contributed by atoms with E-state index in [0.29, 0.717) is 24.3 Å². The Bertz CT molecular complexity index is 1030. The third kappa shape index (κ3) is 4.20. The van der Waals surface area contributed by atoms with Gasteiger partial charge in [-0.15, -0.1) is 0 Å². The molecular weight excluding hydrogens is 397 g/mol. The van der Waals surface area contributed by atoms with Crippen LogP contribution in [-0.2, 0) is 9.59 Å². The van der Waals surface area contributed by atoms with Gasteiger partial charge in [0.05, 0.1) is 18.7 Å². The van der Waals surface area contributed by atoms with Crippen molar-refractivity contribution in [2.24, 2.45) is 0 Å². The number of halogens is 1. The lowest BCUT2D eigenvalue weighted by Gasteiger charge is -2.25. The van der Waals surface area contributed by atoms with Gasteiger partial charge in [0.25, 0.3) is 11.7 Å². The van der Waals surface area contributed by atoms with E-state index in [2.05, 4.69) is 0 Å². The van der Waals surface area contributed by atoms with Gasteiger partial charge in [-0.05, 0) is 42.2 Å². The first-order valence-electron chi connectivity index (χ1n) is 10.5. The highest BCUT2D eigenvalue weighted by Crippen LogP contribution is 2.41. The third-order valence-electron chi connectivity index (χ3n) is 5.62. The zero-order chi connectivity index (χ0) is 22.7. The number of hydrogen-bond donors (Lipinski definition) is 1. The molecule has 1 fully saturated rings. The number of Topliss-reactive ketones (excluding diaryl/α,β-unsaturated/α-hetero) is 1. The molecular formula is C25H28FNO4. The fraction of sp³-hybridized carbons (Fsp3) is 0.360. The van der Waals surface area contributed by atoms with Crippen LogP contribution in [0.1, 0.15) is 62.3 Å². The van der Waals surface area contributed by atoms with Crippen molar-refractivity contribution in [1.82, 2.24) is 4.90 Å². The molecule has 1 heterocycles. The van der Waals surface area contributed by atoms with E-state index in [1.54, 1.807) is 43.5 Å². The Hall–Kier alpha value is -3.15. The number of likely N-dealkylation sites (tertiary alicyclic amines) is 1. The van der Waals surface area contributed by atoms with Crippen LogP contribution in [0.3, 0.4) is 0 Å². The molecule has 1 atom stereocenters. The van der Waals surface area contributed by atoms with Gasteiger partial charge in [-0.3, -0.25) is 9.59 Å². The number of hydrogen-bond acceptors (Lipinski definition) is 4. The van der Waals surface area contributed by atoms with Gasteiger partial charge in [-0.1, -0.05) is 45.4 Å². The third-order valence-corrected chi connectivity index (χ3v) is 5.62. The standard InChI is InChI=1S/C25H28FNO4/c1-5-6-13-27-22(17-9-7-8-10-19(17)26)21(24(29)25(27)30)23(28)16-11-12-20(31-4)18(14-16)15(2)3/h7-12,14-15,22,28H,5-6,13H2,1-4H3/b23-21+. The van der Waals surface area contributed by atoms with Crippen LogP contribution in [0.25, 0.3) is 5.76 Å². The Morgan fingerprint density at radius 3 is 2.52 bits per heavy atom. The number of benzene rings is 2. The summed E-state index contributed by atoms with van der Waals surface area (Å²) < 4.78 is 20.1. The first-order valence-corrected chi connectivity index (χ1v) is 10.5. The number of ketones is 1. The second-order valence-corrected chi connectivity index (χ2v) is 7.98. The number of methoxy groups -OCH3 is 1. The smallest absolute Gasteiger partial charge is 0.295 e. The largest absolute Gasteiger partial charge is 0.507 e. The molecule has 1 aliphatic rings. The average molecular weight is 426 g/mol. The number of unbranched alkanes of at least 4 members (excludes halogenated alkanes) is 1. The van der Waals surface area contributed by atoms with Gasteiger partial charge in [-0.2, -0.15) is 0 Å². The minimum absolute atomic E-state index is 0.0916. The summed E-state index contributed by atoms with van der Waals surface area (Å²) in [4.78, 5) is 27.2. The summed E-state index contributed by atoms with van der Waals surface area (Å²) in [7, 11) is 1.57. The average Bonchev–Trinajstić information content (AvgIpc) is 3.01. The molecule has 1 saturated heterocycles. The lowest BCUT2D eigenvalue weighted by Crippen LogP contribution is -2.31. The van der Waals surface area contributed by atoms with E-state index < -0.39 is 23.5 Å². The van der Waals surface area contributed by atoms with Crippen molar-refractivity contribution < 1.29 is 23.8 Å². The van der Waals surface area contributed by atoms with Gasteiger partial charge in [0.15, 0.2) is 0 Å². The Morgan fingerprint density at radius 2 is 1.90 bits per heavy atom. The zero-order valence-corrected chi connectivity index (χ0v) is 18.3. The predicted molar refractivity (Wildman–Crippen MR) is 117 cm³/mol. The number of nitrogens with zero attached hydrogens (tertiary/aromatic N) is 1. The van der Waals surface area contributed by atoms with Gasteiger partial charge in [0, 0.05) is 17.7 Å². The number of carbonyl (C=O) groups excluding carboxylic acids is 2. The fourth-order valence-corrected chi connectivity index (χ4v) is 3.95. The molecule has 0 spiro atoms. The molecule has 6 heteroatoms. The van der Waals surface area contributed by atoms with Crippen molar-refractivity contribution in [3.05, 3.63) is 70.5 Å². The highest BCUT2D eigenvalue weighted by atomic mass is 19.1. The quantitative estimate of drug-likeness (QED) is 0.377. The van der Waals surface area contributed by atoms with Gasteiger partial charge < -0.3 is 14.7 Å². The van der Waals surface area contributed by atoms with Crippen molar-refractivity contribution in [1.29, 1.82) is 0 Å². The Kier molecular flexibility index (Phi) is 6.78. The molecule has 0 bridgehead atoms. The summed E-state index contributed by atoms with van der Waals surface area (Å²) in [6, 6.07) is 10.2. The molecule has 1 aliphatic heterocycles. The van der Waals surface area contributed by atoms with E-state index in [4.69, 9.17) is 4.74 Å². The van der Waals surface area contributed by atoms with Crippen LogP contribution >= 0.6 is 0 Å². The highest BCUT2D eigenvalue weighted by Gasteiger charge is 2.46. The van der Waals surface area contributed by atoms with Crippen molar-refractivity contribution in [3.8, 4) is 5.75 Å². The summed E-state index contributed by atoms with van der Waals surface area (Å²) in [5.74, 6) is -1.59. The maximum absolute atomic E-state index is 14.7. The Balaban J connectivity index is 2.21. The lowest BCUT2D eigenvalue weighted by atomic mass is 9.93. The summed E-state index contributed by atoms with van der Waals surface area (Å²) in [5, 5.41) is 11.2. The maximum atomic E-state index is 14.7. The first-order chi connectivity index (χ1) is 14.8. The van der Waals surface area contributed by atoms with Crippen LogP contribution in [0.2, 0.25) is 0 Å². The van der Waals surface area contributed by atoms with Gasteiger partial charge in [-0.25, -0.2) is 4.39 Å². The number of amides is 1. The minimum atomic E-state index is -0.975. The van der Waals surface area contributed by atoms with E-state index in [-0.39, 0.29) is 22.8 Å². The van der Waals surface area contributed by atoms with Crippen molar-refractivity contribution in [3.63, 3.8) is 0 Å². The highest BCUT2D eigenvalue weighted by molar-refractivity contribution is 6.46. The summed E-state index contributed by atoms with van der Waals surface area (Å²) in [5.41, 5.74) is 1.34. The fourth-order valence-electron chi connectivity index (χ4n) is 3.95. The molecule has 0 aliphatic carbocycles. The second-order valence-electron chi connectivity index (χ2n) is 7.98. The number of aliphatic hydroxyl groups is 1. The van der Waals surface area contributed by atoms with Gasteiger partial charge >= 0.3 is 0 Å². The zero-order valence-electron chi connectivity index (χ0n) is 18.3. The summed E-state index contributed by atoms with van der Waals surface area (Å²) >= 11 is 0. The molecule has 2 aromatic carbocycles. The molecule has 0 aromatic heterocycles. The SMILES string of the molecule is CCCCN1C(=O)C(=O)/C(=C(/O)c2ccc(OC)c(C(C)C)c2)C1c1ccccc1F. The number of ether oxygens (including phenoxy) is 1. The predicted octanol–water partition coefficient (Wildman–Crippen LogP) is 5.18. The summed E-state index contributed by atoms with van der Waals surface area (Å²) in [6.45, 7) is 6.26. The van der Waals surface area contributed by atoms with Gasteiger partial charge in [0.1, 0.15) is 17.3 Å². The van der Waals surface area contributed by atoms with Crippen LogP contribution in [0.15, 0.2) is 48.0 Å². The molecule has 164 valence electrons. The monoisotopic (exact) mass is 425 g/mol. The van der Waals surface area contributed by atoms with Crippen LogP contribution in [0.5, 0.6) is 5.75 Å². The van der Waals surface area contributed by atoms with E-state index in [1.165, 1.54) is 11.0 Å². The molecule has 2 aromatic rings. The molecule has 1 N–H and O–H groups in total. The number of rotatable bonds is 7. The van der Waals surface area contributed by atoms with Crippen molar-refractivity contribution >= 4 is 17.4 Å². The maximum Gasteiger partial charge on any atom is 0.295 e. The minimum Gasteiger partial charge on any atom is -0.507 e. The normalized spacial score (nSPS) is 18.1. The van der Waals surface area contributed by atoms with Crippen molar-refractivity contribution in [2.75, 3.05) is 13.7 Å². The van der Waals surface area contributed by atoms with Crippen molar-refractivity contribution in [2.45, 2.75) is 45.6 Å². The number of aliphatic hydroxyl groups excluding tert-OH is 1. The Morgan fingerprint density at radius 1 is 1.19 bits per heavy atom. The first kappa shape index (κ1) is 22.5. The molecule has 3 rings (SSSR count). The van der Waals surface area contributed by atoms with Crippen LogP contribution < -0.4 is 4.74 Å². The summed E-state index contributed by atoms with van der Waals surface area (Å²) in [6.07, 6.45) is 1.47. The van der Waals surface area contributed by atoms with Crippen LogP contribution in [0.4, 0.5) is 4.39 Å². The second kappa shape index (κ2) is 9.33. The Labute approximate surface area is 182 Å². The number of carbonyl (C=O) groups is 2. The molecule has 0 saturated carbocycles. The molecule has 1 unspecified atom stereocenters. The van der Waals surface area contributed by atoms with E-state index >= 15 is 0 Å². The van der Waals surface area contributed by atoms with Gasteiger partial charge in [0.2, 0.25) is 0 Å². The molecule has 1 amide bonds. The van der Waals surface area contributed by atoms with E-state index in [1.807, 2.05) is 20.8 Å². The van der Waals surface area contributed by atoms with E-state index in [9.17, 15) is 19.1 Å². The molecule has 0 radical (unpaired) electrons. The molecule has 31 heavy (non-hydrogen) atoms.